The molecular formula is C11H6ClN5O3. The lowest BCUT2D eigenvalue weighted by Crippen LogP contribution is -2.12. The number of nitrogens with one attached hydrogen (secondary N) is 1. The van der Waals surface area contributed by atoms with Crippen molar-refractivity contribution in [1.29, 1.82) is 0 Å². The van der Waals surface area contributed by atoms with E-state index in [1.54, 1.807) is 6.07 Å². The van der Waals surface area contributed by atoms with Crippen molar-refractivity contribution in [3.05, 3.63) is 56.2 Å². The van der Waals surface area contributed by atoms with E-state index in [1.807, 2.05) is 0 Å². The summed E-state index contributed by atoms with van der Waals surface area (Å²) in [6.45, 7) is 0. The minimum absolute atomic E-state index is 0.0831. The fraction of sp³-hybridized carbons (Fsp3) is 0. The van der Waals surface area contributed by atoms with Gasteiger partial charge in [-0.25, -0.2) is 9.67 Å². The van der Waals surface area contributed by atoms with E-state index < -0.39 is 10.5 Å². The Morgan fingerprint density at radius 3 is 2.95 bits per heavy atom. The Hall–Kier alpha value is -2.74. The van der Waals surface area contributed by atoms with E-state index in [4.69, 9.17) is 11.6 Å². The Labute approximate surface area is 115 Å². The Morgan fingerprint density at radius 2 is 2.20 bits per heavy atom. The molecule has 20 heavy (non-hydrogen) atoms. The highest BCUT2D eigenvalue weighted by Crippen LogP contribution is 2.24. The summed E-state index contributed by atoms with van der Waals surface area (Å²) < 4.78 is 1.29. The first-order chi connectivity index (χ1) is 9.58. The van der Waals surface area contributed by atoms with Gasteiger partial charge in [-0.1, -0.05) is 11.6 Å². The number of benzene rings is 1. The molecule has 0 radical (unpaired) electrons. The Bertz CT molecular complexity index is 885. The van der Waals surface area contributed by atoms with E-state index in [2.05, 4.69) is 15.1 Å². The van der Waals surface area contributed by atoms with Crippen LogP contribution in [0.3, 0.4) is 0 Å². The summed E-state index contributed by atoms with van der Waals surface area (Å²) in [5.74, 6) is 0.117. The summed E-state index contributed by atoms with van der Waals surface area (Å²) in [5.41, 5.74) is -0.148. The minimum atomic E-state index is -0.510. The lowest BCUT2D eigenvalue weighted by atomic mass is 10.2. The summed E-state index contributed by atoms with van der Waals surface area (Å²) in [4.78, 5) is 28.1. The number of nitrogens with zero attached hydrogens (tertiary/aromatic N) is 4. The molecule has 0 fully saturated rings. The van der Waals surface area contributed by atoms with Crippen molar-refractivity contribution < 1.29 is 4.92 Å². The molecule has 2 heterocycles. The molecule has 0 aliphatic rings. The first kappa shape index (κ1) is 12.3. The maximum atomic E-state index is 11.5. The van der Waals surface area contributed by atoms with Crippen LogP contribution in [0.25, 0.3) is 16.7 Å². The van der Waals surface area contributed by atoms with Gasteiger partial charge < -0.3 is 4.98 Å². The first-order valence-electron chi connectivity index (χ1n) is 5.43. The molecule has 0 atom stereocenters. The van der Waals surface area contributed by atoms with Crippen LogP contribution in [0.1, 0.15) is 0 Å². The van der Waals surface area contributed by atoms with Gasteiger partial charge in [0, 0.05) is 17.5 Å². The second-order valence-corrected chi connectivity index (χ2v) is 4.30. The zero-order valence-corrected chi connectivity index (χ0v) is 10.5. The van der Waals surface area contributed by atoms with Gasteiger partial charge in [-0.2, -0.15) is 5.10 Å². The average Bonchev–Trinajstić information content (AvgIpc) is 2.84. The predicted molar refractivity (Wildman–Crippen MR) is 71.2 cm³/mol. The fourth-order valence-electron chi connectivity index (χ4n) is 1.81. The lowest BCUT2D eigenvalue weighted by molar-refractivity contribution is -0.384. The predicted octanol–water partition coefficient (Wildman–Crippen LogP) is 1.67. The van der Waals surface area contributed by atoms with Gasteiger partial charge in [0.2, 0.25) is 0 Å². The molecule has 8 nitrogen and oxygen atoms in total. The number of nitro groups is 1. The number of fused-ring (bicyclic) bond motifs is 1. The molecule has 2 aromatic heterocycles. The topological polar surface area (TPSA) is 107 Å². The van der Waals surface area contributed by atoms with Crippen molar-refractivity contribution in [1.82, 2.24) is 19.7 Å². The number of non-ortho nitro benzene ring substituents is 1. The highest BCUT2D eigenvalue weighted by atomic mass is 35.5. The average molecular weight is 292 g/mol. The summed E-state index contributed by atoms with van der Waals surface area (Å²) in [7, 11) is 0. The SMILES string of the molecule is O=c1[nH]cnc(-n2ncc3ccc([N+](=O)[O-])cc32)c1Cl. The lowest BCUT2D eigenvalue weighted by Gasteiger charge is -2.03. The molecule has 1 N–H and O–H groups in total. The molecule has 9 heteroatoms. The highest BCUT2D eigenvalue weighted by Gasteiger charge is 2.15. The van der Waals surface area contributed by atoms with Gasteiger partial charge in [0.1, 0.15) is 0 Å². The maximum absolute atomic E-state index is 11.5. The van der Waals surface area contributed by atoms with Gasteiger partial charge >= 0.3 is 0 Å². The number of H-pyrrole nitrogens is 1. The van der Waals surface area contributed by atoms with E-state index in [-0.39, 0.29) is 16.5 Å². The van der Waals surface area contributed by atoms with Crippen molar-refractivity contribution in [2.24, 2.45) is 0 Å². The minimum Gasteiger partial charge on any atom is -0.312 e. The molecule has 0 saturated heterocycles. The molecule has 0 aliphatic heterocycles. The van der Waals surface area contributed by atoms with Crippen molar-refractivity contribution in [3.63, 3.8) is 0 Å². The van der Waals surface area contributed by atoms with E-state index >= 15 is 0 Å². The summed E-state index contributed by atoms with van der Waals surface area (Å²) in [5, 5.41) is 15.4. The third-order valence-electron chi connectivity index (χ3n) is 2.74. The highest BCUT2D eigenvalue weighted by molar-refractivity contribution is 6.32. The molecule has 3 rings (SSSR count). The number of aromatic amines is 1. The molecular weight excluding hydrogens is 286 g/mol. The quantitative estimate of drug-likeness (QED) is 0.571. The number of hydrogen-bond donors (Lipinski definition) is 1. The third-order valence-corrected chi connectivity index (χ3v) is 3.08. The van der Waals surface area contributed by atoms with Gasteiger partial charge in [-0.15, -0.1) is 0 Å². The van der Waals surface area contributed by atoms with Crippen LogP contribution in [-0.2, 0) is 0 Å². The molecule has 100 valence electrons. The summed E-state index contributed by atoms with van der Waals surface area (Å²) in [6, 6.07) is 4.29. The van der Waals surface area contributed by atoms with Crippen molar-refractivity contribution in [2.45, 2.75) is 0 Å². The summed E-state index contributed by atoms with van der Waals surface area (Å²) >= 11 is 5.89. The molecule has 0 unspecified atom stereocenters. The van der Waals surface area contributed by atoms with Crippen LogP contribution < -0.4 is 5.56 Å². The van der Waals surface area contributed by atoms with Crippen LogP contribution in [0.15, 0.2) is 35.5 Å². The van der Waals surface area contributed by atoms with Crippen molar-refractivity contribution >= 4 is 28.2 Å². The van der Waals surface area contributed by atoms with Crippen LogP contribution in [0.4, 0.5) is 5.69 Å². The molecule has 1 aromatic carbocycles. The Kier molecular flexibility index (Phi) is 2.72. The number of hydrogen-bond acceptors (Lipinski definition) is 5. The Balaban J connectivity index is 2.31. The fourth-order valence-corrected chi connectivity index (χ4v) is 1.99. The van der Waals surface area contributed by atoms with Crippen LogP contribution >= 0.6 is 11.6 Å². The molecule has 0 amide bonds. The smallest absolute Gasteiger partial charge is 0.271 e. The van der Waals surface area contributed by atoms with Crippen LogP contribution in [0.5, 0.6) is 0 Å². The Morgan fingerprint density at radius 1 is 1.40 bits per heavy atom. The van der Waals surface area contributed by atoms with Gasteiger partial charge in [-0.05, 0) is 6.07 Å². The first-order valence-corrected chi connectivity index (χ1v) is 5.81. The number of nitro benzene ring substituents is 1. The van der Waals surface area contributed by atoms with E-state index in [9.17, 15) is 14.9 Å². The molecule has 3 aromatic rings. The van der Waals surface area contributed by atoms with E-state index in [0.29, 0.717) is 10.9 Å². The van der Waals surface area contributed by atoms with Gasteiger partial charge in [-0.3, -0.25) is 14.9 Å². The number of rotatable bonds is 2. The van der Waals surface area contributed by atoms with Crippen LogP contribution in [0.2, 0.25) is 5.02 Å². The van der Waals surface area contributed by atoms with Gasteiger partial charge in [0.05, 0.1) is 23.0 Å². The standard InChI is InChI=1S/C11H6ClN5O3/c12-9-10(13-5-14-11(9)18)16-8-3-7(17(19)20)2-1-6(8)4-15-16/h1-5H,(H,13,14,18). The van der Waals surface area contributed by atoms with Gasteiger partial charge in [0.25, 0.3) is 11.2 Å². The van der Waals surface area contributed by atoms with E-state index in [0.717, 1.165) is 0 Å². The molecule has 0 spiro atoms. The van der Waals surface area contributed by atoms with Crippen molar-refractivity contribution in [3.8, 4) is 5.82 Å². The second-order valence-electron chi connectivity index (χ2n) is 3.93. The molecule has 0 saturated carbocycles. The second kappa shape index (κ2) is 4.42. The number of halogens is 1. The number of aromatic nitrogens is 4. The van der Waals surface area contributed by atoms with E-state index in [1.165, 1.54) is 29.3 Å². The zero-order valence-electron chi connectivity index (χ0n) is 9.78. The van der Waals surface area contributed by atoms with Crippen LogP contribution in [0, 0.1) is 10.1 Å². The van der Waals surface area contributed by atoms with Gasteiger partial charge in [0.15, 0.2) is 10.8 Å². The summed E-state index contributed by atoms with van der Waals surface area (Å²) in [6.07, 6.45) is 2.70. The maximum Gasteiger partial charge on any atom is 0.271 e. The van der Waals surface area contributed by atoms with Crippen LogP contribution in [-0.4, -0.2) is 24.7 Å². The monoisotopic (exact) mass is 291 g/mol. The molecule has 0 aliphatic carbocycles. The molecule has 0 bridgehead atoms. The normalized spacial score (nSPS) is 10.8. The third kappa shape index (κ3) is 1.82. The van der Waals surface area contributed by atoms with Crippen molar-refractivity contribution in [2.75, 3.05) is 0 Å². The zero-order chi connectivity index (χ0) is 14.3. The largest absolute Gasteiger partial charge is 0.312 e.